The number of carbonyl (C=O) groups excluding carboxylic acids is 1. The van der Waals surface area contributed by atoms with Crippen LogP contribution < -0.4 is 0 Å². The van der Waals surface area contributed by atoms with Crippen LogP contribution in [0, 0.1) is 5.92 Å². The standard InChI is InChI=1S/C14H17N3O2/c1-16(9-11-4-5-11)14(18)10-17-7-6-12(15-17)13-3-2-8-19-13/h2-3,6-8,11H,4-5,9-10H2,1H3. The summed E-state index contributed by atoms with van der Waals surface area (Å²) < 4.78 is 6.93. The molecule has 1 amide bonds. The van der Waals surface area contributed by atoms with Crippen molar-refractivity contribution in [3.8, 4) is 11.5 Å². The molecule has 1 fully saturated rings. The molecule has 5 heteroatoms. The van der Waals surface area contributed by atoms with Crippen LogP contribution in [0.4, 0.5) is 0 Å². The molecule has 0 aromatic carbocycles. The number of nitrogens with zero attached hydrogens (tertiary/aromatic N) is 3. The summed E-state index contributed by atoms with van der Waals surface area (Å²) in [6.45, 7) is 1.15. The van der Waals surface area contributed by atoms with Gasteiger partial charge in [-0.1, -0.05) is 0 Å². The van der Waals surface area contributed by atoms with E-state index in [1.54, 1.807) is 22.0 Å². The van der Waals surface area contributed by atoms with Crippen LogP contribution in [0.15, 0.2) is 35.1 Å². The van der Waals surface area contributed by atoms with Gasteiger partial charge in [0.25, 0.3) is 0 Å². The average Bonchev–Trinajstić information content (AvgIpc) is 2.90. The Labute approximate surface area is 111 Å². The smallest absolute Gasteiger partial charge is 0.244 e. The van der Waals surface area contributed by atoms with E-state index >= 15 is 0 Å². The molecule has 1 aliphatic carbocycles. The van der Waals surface area contributed by atoms with Gasteiger partial charge in [0.2, 0.25) is 5.91 Å². The molecule has 2 aromatic heterocycles. The predicted octanol–water partition coefficient (Wildman–Crippen LogP) is 2.01. The largest absolute Gasteiger partial charge is 0.463 e. The van der Waals surface area contributed by atoms with Crippen molar-refractivity contribution in [2.45, 2.75) is 19.4 Å². The molecule has 0 spiro atoms. The number of aromatic nitrogens is 2. The number of hydrogen-bond acceptors (Lipinski definition) is 3. The van der Waals surface area contributed by atoms with Gasteiger partial charge in [0.05, 0.1) is 6.26 Å². The highest BCUT2D eigenvalue weighted by Crippen LogP contribution is 2.29. The molecule has 3 rings (SSSR count). The lowest BCUT2D eigenvalue weighted by atomic mass is 10.3. The number of carbonyl (C=O) groups is 1. The molecule has 2 aromatic rings. The van der Waals surface area contributed by atoms with E-state index in [1.807, 2.05) is 25.2 Å². The van der Waals surface area contributed by atoms with E-state index in [2.05, 4.69) is 5.10 Å². The van der Waals surface area contributed by atoms with Gasteiger partial charge >= 0.3 is 0 Å². The van der Waals surface area contributed by atoms with E-state index in [9.17, 15) is 4.79 Å². The monoisotopic (exact) mass is 259 g/mol. The number of rotatable bonds is 5. The van der Waals surface area contributed by atoms with E-state index < -0.39 is 0 Å². The molecule has 19 heavy (non-hydrogen) atoms. The van der Waals surface area contributed by atoms with Crippen molar-refractivity contribution >= 4 is 5.91 Å². The van der Waals surface area contributed by atoms with Gasteiger partial charge in [-0.2, -0.15) is 5.10 Å². The number of hydrogen-bond donors (Lipinski definition) is 0. The minimum atomic E-state index is 0.0981. The Hall–Kier alpha value is -2.04. The number of furan rings is 1. The Morgan fingerprint density at radius 1 is 1.53 bits per heavy atom. The Morgan fingerprint density at radius 3 is 3.05 bits per heavy atom. The van der Waals surface area contributed by atoms with Crippen molar-refractivity contribution in [3.63, 3.8) is 0 Å². The molecular formula is C14H17N3O2. The Morgan fingerprint density at radius 2 is 2.37 bits per heavy atom. The predicted molar refractivity (Wildman–Crippen MR) is 70.3 cm³/mol. The van der Waals surface area contributed by atoms with Crippen LogP contribution in [0.2, 0.25) is 0 Å². The quantitative estimate of drug-likeness (QED) is 0.825. The van der Waals surface area contributed by atoms with Gasteiger partial charge in [0.1, 0.15) is 12.2 Å². The van der Waals surface area contributed by atoms with E-state index in [4.69, 9.17) is 4.42 Å². The second kappa shape index (κ2) is 4.91. The van der Waals surface area contributed by atoms with Gasteiger partial charge in [-0.15, -0.1) is 0 Å². The third kappa shape index (κ3) is 2.86. The summed E-state index contributed by atoms with van der Waals surface area (Å²) in [4.78, 5) is 13.8. The average molecular weight is 259 g/mol. The maximum Gasteiger partial charge on any atom is 0.244 e. The topological polar surface area (TPSA) is 51.3 Å². The van der Waals surface area contributed by atoms with Crippen molar-refractivity contribution in [1.29, 1.82) is 0 Å². The van der Waals surface area contributed by atoms with Crippen molar-refractivity contribution in [3.05, 3.63) is 30.7 Å². The molecule has 2 heterocycles. The van der Waals surface area contributed by atoms with E-state index in [0.717, 1.165) is 18.0 Å². The van der Waals surface area contributed by atoms with Crippen molar-refractivity contribution in [2.24, 2.45) is 5.92 Å². The molecule has 1 aliphatic rings. The summed E-state index contributed by atoms with van der Waals surface area (Å²) in [6.07, 6.45) is 5.92. The molecular weight excluding hydrogens is 242 g/mol. The highest BCUT2D eigenvalue weighted by atomic mass is 16.3. The third-order valence-corrected chi connectivity index (χ3v) is 3.37. The summed E-state index contributed by atoms with van der Waals surface area (Å²) in [5.74, 6) is 1.53. The fraction of sp³-hybridized carbons (Fsp3) is 0.429. The van der Waals surface area contributed by atoms with E-state index in [0.29, 0.717) is 5.92 Å². The first-order valence-electron chi connectivity index (χ1n) is 6.53. The van der Waals surface area contributed by atoms with E-state index in [1.165, 1.54) is 12.8 Å². The second-order valence-electron chi connectivity index (χ2n) is 5.09. The molecule has 100 valence electrons. The fourth-order valence-corrected chi connectivity index (χ4v) is 2.05. The summed E-state index contributed by atoms with van der Waals surface area (Å²) in [7, 11) is 1.86. The highest BCUT2D eigenvalue weighted by Gasteiger charge is 2.24. The molecule has 0 radical (unpaired) electrons. The maximum atomic E-state index is 12.0. The zero-order chi connectivity index (χ0) is 13.2. The van der Waals surface area contributed by atoms with Crippen LogP contribution in [-0.2, 0) is 11.3 Å². The van der Waals surface area contributed by atoms with Gasteiger partial charge in [-0.25, -0.2) is 0 Å². The lowest BCUT2D eigenvalue weighted by molar-refractivity contribution is -0.130. The SMILES string of the molecule is CN(CC1CC1)C(=O)Cn1ccc(-c2ccco2)n1. The summed E-state index contributed by atoms with van der Waals surface area (Å²) in [5.41, 5.74) is 0.752. The summed E-state index contributed by atoms with van der Waals surface area (Å²) >= 11 is 0. The first-order chi connectivity index (χ1) is 9.22. The minimum absolute atomic E-state index is 0.0981. The van der Waals surface area contributed by atoms with Gasteiger partial charge in [0.15, 0.2) is 5.76 Å². The lowest BCUT2D eigenvalue weighted by Crippen LogP contribution is -2.32. The molecule has 0 N–H and O–H groups in total. The van der Waals surface area contributed by atoms with Gasteiger partial charge in [-0.05, 0) is 37.0 Å². The maximum absolute atomic E-state index is 12.0. The van der Waals surface area contributed by atoms with Crippen LogP contribution >= 0.6 is 0 Å². The zero-order valence-corrected chi connectivity index (χ0v) is 11.0. The van der Waals surface area contributed by atoms with Crippen molar-refractivity contribution < 1.29 is 9.21 Å². The highest BCUT2D eigenvalue weighted by molar-refractivity contribution is 5.75. The molecule has 5 nitrogen and oxygen atoms in total. The molecule has 0 aliphatic heterocycles. The van der Waals surface area contributed by atoms with Crippen LogP contribution in [0.25, 0.3) is 11.5 Å². The number of likely N-dealkylation sites (N-methyl/N-ethyl adjacent to an activating group) is 1. The third-order valence-electron chi connectivity index (χ3n) is 3.37. The van der Waals surface area contributed by atoms with Gasteiger partial charge in [0, 0.05) is 19.8 Å². The van der Waals surface area contributed by atoms with Crippen LogP contribution in [0.1, 0.15) is 12.8 Å². The molecule has 0 bridgehead atoms. The Balaban J connectivity index is 1.61. The molecule has 0 atom stereocenters. The first kappa shape index (κ1) is 12.0. The molecule has 0 saturated heterocycles. The van der Waals surface area contributed by atoms with Crippen LogP contribution in [0.5, 0.6) is 0 Å². The van der Waals surface area contributed by atoms with Crippen molar-refractivity contribution in [2.75, 3.05) is 13.6 Å². The fourth-order valence-electron chi connectivity index (χ4n) is 2.05. The summed E-state index contributed by atoms with van der Waals surface area (Å²) in [6, 6.07) is 5.53. The van der Waals surface area contributed by atoms with E-state index in [-0.39, 0.29) is 12.5 Å². The molecule has 1 saturated carbocycles. The Bertz CT molecular complexity index is 555. The normalized spacial score (nSPS) is 14.6. The number of amides is 1. The first-order valence-corrected chi connectivity index (χ1v) is 6.53. The van der Waals surface area contributed by atoms with Crippen LogP contribution in [0.3, 0.4) is 0 Å². The zero-order valence-electron chi connectivity index (χ0n) is 11.0. The van der Waals surface area contributed by atoms with Gasteiger partial charge in [-0.3, -0.25) is 9.48 Å². The Kier molecular flexibility index (Phi) is 3.11. The minimum Gasteiger partial charge on any atom is -0.463 e. The second-order valence-corrected chi connectivity index (χ2v) is 5.09. The lowest BCUT2D eigenvalue weighted by Gasteiger charge is -2.16. The molecule has 0 unspecified atom stereocenters. The van der Waals surface area contributed by atoms with Gasteiger partial charge < -0.3 is 9.32 Å². The summed E-state index contributed by atoms with van der Waals surface area (Å²) in [5, 5.41) is 4.35. The van der Waals surface area contributed by atoms with Crippen molar-refractivity contribution in [1.82, 2.24) is 14.7 Å². The van der Waals surface area contributed by atoms with Crippen LogP contribution in [-0.4, -0.2) is 34.2 Å².